The van der Waals surface area contributed by atoms with E-state index in [1.807, 2.05) is 6.07 Å². The topological polar surface area (TPSA) is 64.1 Å². The Kier molecular flexibility index (Phi) is 2.64. The third-order valence-corrected chi connectivity index (χ3v) is 4.33. The van der Waals surface area contributed by atoms with E-state index in [1.165, 1.54) is 28.6 Å². The van der Waals surface area contributed by atoms with E-state index in [0.717, 1.165) is 18.5 Å². The van der Waals surface area contributed by atoms with Gasteiger partial charge in [0.25, 0.3) is 0 Å². The number of anilines is 1. The first-order valence-corrected chi connectivity index (χ1v) is 7.26. The number of fused-ring (bicyclic) bond motifs is 3. The molecule has 21 heavy (non-hydrogen) atoms. The molecule has 3 aromatic rings. The van der Waals surface area contributed by atoms with Crippen LogP contribution in [-0.2, 0) is 19.4 Å². The second kappa shape index (κ2) is 4.52. The third-order valence-electron chi connectivity index (χ3n) is 4.33. The van der Waals surface area contributed by atoms with Crippen molar-refractivity contribution in [2.24, 2.45) is 0 Å². The van der Waals surface area contributed by atoms with Gasteiger partial charge in [0, 0.05) is 28.5 Å². The lowest BCUT2D eigenvalue weighted by atomic mass is 10.1. The molecule has 4 heteroatoms. The van der Waals surface area contributed by atoms with Gasteiger partial charge < -0.3 is 15.4 Å². The minimum absolute atomic E-state index is 0.251. The van der Waals surface area contributed by atoms with Crippen molar-refractivity contribution < 1.29 is 5.11 Å². The zero-order valence-electron chi connectivity index (χ0n) is 11.7. The summed E-state index contributed by atoms with van der Waals surface area (Å²) in [5.74, 6) is 0.251. The van der Waals surface area contributed by atoms with Gasteiger partial charge in [-0.15, -0.1) is 0 Å². The zero-order valence-corrected chi connectivity index (χ0v) is 11.7. The van der Waals surface area contributed by atoms with Crippen LogP contribution in [-0.4, -0.2) is 14.7 Å². The van der Waals surface area contributed by atoms with Gasteiger partial charge >= 0.3 is 0 Å². The highest BCUT2D eigenvalue weighted by atomic mass is 16.3. The molecule has 0 spiro atoms. The number of hydrogen-bond acceptors (Lipinski definition) is 3. The van der Waals surface area contributed by atoms with Gasteiger partial charge in [-0.1, -0.05) is 0 Å². The lowest BCUT2D eigenvalue weighted by molar-refractivity contribution is 0.461. The van der Waals surface area contributed by atoms with Crippen LogP contribution >= 0.6 is 0 Å². The van der Waals surface area contributed by atoms with Crippen LogP contribution in [0.4, 0.5) is 5.69 Å². The number of nitrogen functional groups attached to an aromatic ring is 1. The zero-order chi connectivity index (χ0) is 14.4. The maximum atomic E-state index is 9.98. The fourth-order valence-electron chi connectivity index (χ4n) is 3.37. The summed E-state index contributed by atoms with van der Waals surface area (Å²) in [4.78, 5) is 4.31. The molecule has 0 saturated carbocycles. The fraction of sp³-hybridized carbons (Fsp3) is 0.235. The molecule has 0 bridgehead atoms. The minimum atomic E-state index is 0.251. The summed E-state index contributed by atoms with van der Waals surface area (Å²) < 4.78 is 2.28. The van der Waals surface area contributed by atoms with Crippen LogP contribution in [0.3, 0.4) is 0 Å². The van der Waals surface area contributed by atoms with Crippen LogP contribution in [0, 0.1) is 0 Å². The first-order chi connectivity index (χ1) is 10.2. The number of benzene rings is 1. The summed E-state index contributed by atoms with van der Waals surface area (Å²) in [5, 5.41) is 11.2. The van der Waals surface area contributed by atoms with E-state index in [9.17, 15) is 5.11 Å². The number of aryl methyl sites for hydroxylation is 1. The number of aromatic hydroxyl groups is 1. The SMILES string of the molecule is Nc1ccc2c(c1)c1c(n2Cc2ncccc2O)CCC1. The molecule has 0 radical (unpaired) electrons. The monoisotopic (exact) mass is 279 g/mol. The Balaban J connectivity index is 1.91. The number of rotatable bonds is 2. The lowest BCUT2D eigenvalue weighted by Gasteiger charge is -2.10. The van der Waals surface area contributed by atoms with E-state index in [0.29, 0.717) is 12.2 Å². The highest BCUT2D eigenvalue weighted by molar-refractivity contribution is 5.88. The van der Waals surface area contributed by atoms with Gasteiger partial charge in [-0.05, 0) is 55.2 Å². The number of aromatic nitrogens is 2. The van der Waals surface area contributed by atoms with Crippen molar-refractivity contribution in [3.63, 3.8) is 0 Å². The molecular formula is C17H17N3O. The van der Waals surface area contributed by atoms with Gasteiger partial charge in [-0.3, -0.25) is 4.98 Å². The van der Waals surface area contributed by atoms with Crippen LogP contribution in [0.5, 0.6) is 5.75 Å². The van der Waals surface area contributed by atoms with Crippen molar-refractivity contribution >= 4 is 16.6 Å². The van der Waals surface area contributed by atoms with Gasteiger partial charge in [0.05, 0.1) is 6.54 Å². The summed E-state index contributed by atoms with van der Waals surface area (Å²) in [6.45, 7) is 0.600. The smallest absolute Gasteiger partial charge is 0.138 e. The fourth-order valence-corrected chi connectivity index (χ4v) is 3.37. The average molecular weight is 279 g/mol. The molecule has 0 amide bonds. The predicted molar refractivity (Wildman–Crippen MR) is 83.4 cm³/mol. The summed E-state index contributed by atoms with van der Waals surface area (Å²) >= 11 is 0. The van der Waals surface area contributed by atoms with Crippen LogP contribution in [0.25, 0.3) is 10.9 Å². The molecule has 1 aliphatic carbocycles. The standard InChI is InChI=1S/C17H17N3O/c18-11-6-7-16-13(9-11)12-3-1-4-15(12)20(16)10-14-17(21)5-2-8-19-14/h2,5-9,21H,1,3-4,10,18H2. The third kappa shape index (κ3) is 1.87. The normalized spacial score (nSPS) is 13.7. The molecule has 4 nitrogen and oxygen atoms in total. The summed E-state index contributed by atoms with van der Waals surface area (Å²) in [7, 11) is 0. The molecule has 0 aliphatic heterocycles. The average Bonchev–Trinajstić information content (AvgIpc) is 3.04. The van der Waals surface area contributed by atoms with Gasteiger partial charge in [0.2, 0.25) is 0 Å². The van der Waals surface area contributed by atoms with Crippen LogP contribution in [0.1, 0.15) is 23.4 Å². The maximum Gasteiger partial charge on any atom is 0.138 e. The quantitative estimate of drug-likeness (QED) is 0.709. The van der Waals surface area contributed by atoms with Crippen molar-refractivity contribution in [3.8, 4) is 5.75 Å². The Bertz CT molecular complexity index is 835. The summed E-state index contributed by atoms with van der Waals surface area (Å²) in [6.07, 6.45) is 5.09. The van der Waals surface area contributed by atoms with Gasteiger partial charge in [-0.25, -0.2) is 0 Å². The van der Waals surface area contributed by atoms with Crippen molar-refractivity contribution in [3.05, 3.63) is 53.5 Å². The highest BCUT2D eigenvalue weighted by Crippen LogP contribution is 2.35. The van der Waals surface area contributed by atoms with Gasteiger partial charge in [0.1, 0.15) is 11.4 Å². The number of nitrogens with zero attached hydrogens (tertiary/aromatic N) is 2. The van der Waals surface area contributed by atoms with Crippen molar-refractivity contribution in [1.82, 2.24) is 9.55 Å². The highest BCUT2D eigenvalue weighted by Gasteiger charge is 2.22. The molecule has 0 saturated heterocycles. The molecule has 106 valence electrons. The van der Waals surface area contributed by atoms with E-state index in [-0.39, 0.29) is 5.75 Å². The van der Waals surface area contributed by atoms with Crippen molar-refractivity contribution in [2.75, 3.05) is 5.73 Å². The largest absolute Gasteiger partial charge is 0.506 e. The van der Waals surface area contributed by atoms with Gasteiger partial charge in [-0.2, -0.15) is 0 Å². The van der Waals surface area contributed by atoms with E-state index in [4.69, 9.17) is 5.73 Å². The van der Waals surface area contributed by atoms with Crippen LogP contribution < -0.4 is 5.73 Å². The van der Waals surface area contributed by atoms with E-state index < -0.39 is 0 Å². The lowest BCUT2D eigenvalue weighted by Crippen LogP contribution is -2.05. The van der Waals surface area contributed by atoms with E-state index in [2.05, 4.69) is 21.7 Å². The van der Waals surface area contributed by atoms with Crippen LogP contribution in [0.2, 0.25) is 0 Å². The molecule has 3 N–H and O–H groups in total. The Morgan fingerprint density at radius 2 is 2.14 bits per heavy atom. The Morgan fingerprint density at radius 3 is 3.00 bits per heavy atom. The second-order valence-corrected chi connectivity index (χ2v) is 5.61. The molecule has 2 heterocycles. The molecule has 2 aromatic heterocycles. The molecule has 1 aliphatic rings. The van der Waals surface area contributed by atoms with Crippen molar-refractivity contribution in [2.45, 2.75) is 25.8 Å². The Labute approximate surface area is 122 Å². The van der Waals surface area contributed by atoms with E-state index >= 15 is 0 Å². The van der Waals surface area contributed by atoms with Crippen molar-refractivity contribution in [1.29, 1.82) is 0 Å². The number of pyridine rings is 1. The molecule has 4 rings (SSSR count). The molecular weight excluding hydrogens is 262 g/mol. The minimum Gasteiger partial charge on any atom is -0.506 e. The Morgan fingerprint density at radius 1 is 1.24 bits per heavy atom. The number of nitrogens with two attached hydrogens (primary N) is 1. The van der Waals surface area contributed by atoms with Crippen LogP contribution in [0.15, 0.2) is 36.5 Å². The maximum absolute atomic E-state index is 9.98. The molecule has 0 fully saturated rings. The van der Waals surface area contributed by atoms with Gasteiger partial charge in [0.15, 0.2) is 0 Å². The Hall–Kier alpha value is -2.49. The predicted octanol–water partition coefficient (Wildman–Crippen LogP) is 2.86. The summed E-state index contributed by atoms with van der Waals surface area (Å²) in [5.41, 5.74) is 11.4. The first kappa shape index (κ1) is 12.3. The second-order valence-electron chi connectivity index (χ2n) is 5.61. The first-order valence-electron chi connectivity index (χ1n) is 7.26. The molecule has 1 aromatic carbocycles. The number of hydrogen-bond donors (Lipinski definition) is 2. The summed E-state index contributed by atoms with van der Waals surface area (Å²) in [6, 6.07) is 9.51. The molecule has 0 unspecified atom stereocenters. The molecule has 0 atom stereocenters. The van der Waals surface area contributed by atoms with E-state index in [1.54, 1.807) is 18.3 Å².